The van der Waals surface area contributed by atoms with Crippen molar-refractivity contribution in [3.05, 3.63) is 5.82 Å². The fourth-order valence-corrected chi connectivity index (χ4v) is 1.69. The standard InChI is InChI=1S/C10H19N5/c1-7-13-9(11)10(14-7)12-5-6-15(2)8-3-4-8/h8,12H,3-6,11H2,1-2H3,(H,13,14). The Labute approximate surface area is 90.1 Å². The molecular weight excluding hydrogens is 190 g/mol. The van der Waals surface area contributed by atoms with Gasteiger partial charge in [0.25, 0.3) is 0 Å². The van der Waals surface area contributed by atoms with E-state index in [1.54, 1.807) is 0 Å². The lowest BCUT2D eigenvalue weighted by Crippen LogP contribution is -2.27. The number of aryl methyl sites for hydroxylation is 1. The van der Waals surface area contributed by atoms with Gasteiger partial charge in [0.2, 0.25) is 0 Å². The van der Waals surface area contributed by atoms with E-state index in [1.807, 2.05) is 6.92 Å². The molecule has 4 N–H and O–H groups in total. The first-order chi connectivity index (χ1) is 7.16. The van der Waals surface area contributed by atoms with Crippen LogP contribution < -0.4 is 11.1 Å². The van der Waals surface area contributed by atoms with Gasteiger partial charge in [-0.05, 0) is 26.8 Å². The number of aromatic nitrogens is 2. The zero-order valence-corrected chi connectivity index (χ0v) is 9.38. The van der Waals surface area contributed by atoms with E-state index in [2.05, 4.69) is 27.2 Å². The Kier molecular flexibility index (Phi) is 2.81. The molecule has 0 aromatic carbocycles. The van der Waals surface area contributed by atoms with Crippen molar-refractivity contribution in [3.63, 3.8) is 0 Å². The van der Waals surface area contributed by atoms with E-state index in [0.717, 1.165) is 30.8 Å². The second-order valence-electron chi connectivity index (χ2n) is 4.22. The van der Waals surface area contributed by atoms with E-state index in [4.69, 9.17) is 5.73 Å². The topological polar surface area (TPSA) is 70.0 Å². The number of hydrogen-bond acceptors (Lipinski definition) is 4. The highest BCUT2D eigenvalue weighted by Crippen LogP contribution is 2.24. The number of nitrogens with two attached hydrogens (primary N) is 1. The molecule has 0 bridgehead atoms. The summed E-state index contributed by atoms with van der Waals surface area (Å²) < 4.78 is 0. The lowest BCUT2D eigenvalue weighted by Gasteiger charge is -2.15. The molecular formula is C10H19N5. The zero-order valence-electron chi connectivity index (χ0n) is 9.38. The maximum absolute atomic E-state index is 5.74. The van der Waals surface area contributed by atoms with E-state index < -0.39 is 0 Å². The molecule has 1 aliphatic rings. The third-order valence-electron chi connectivity index (χ3n) is 2.78. The maximum atomic E-state index is 5.74. The van der Waals surface area contributed by atoms with Gasteiger partial charge in [-0.25, -0.2) is 4.98 Å². The summed E-state index contributed by atoms with van der Waals surface area (Å²) in [5, 5.41) is 3.24. The second-order valence-corrected chi connectivity index (χ2v) is 4.22. The third-order valence-corrected chi connectivity index (χ3v) is 2.78. The number of anilines is 2. The molecule has 0 aliphatic heterocycles. The van der Waals surface area contributed by atoms with Crippen molar-refractivity contribution in [1.82, 2.24) is 14.9 Å². The molecule has 5 nitrogen and oxygen atoms in total. The number of nitrogens with one attached hydrogen (secondary N) is 2. The van der Waals surface area contributed by atoms with E-state index in [-0.39, 0.29) is 0 Å². The largest absolute Gasteiger partial charge is 0.382 e. The van der Waals surface area contributed by atoms with Crippen molar-refractivity contribution in [2.24, 2.45) is 0 Å². The van der Waals surface area contributed by atoms with Gasteiger partial charge in [0.15, 0.2) is 5.82 Å². The summed E-state index contributed by atoms with van der Waals surface area (Å²) >= 11 is 0. The molecule has 84 valence electrons. The molecule has 0 atom stereocenters. The highest BCUT2D eigenvalue weighted by Gasteiger charge is 2.25. The quantitative estimate of drug-likeness (QED) is 0.671. The van der Waals surface area contributed by atoms with Crippen LogP contribution in [0.5, 0.6) is 0 Å². The van der Waals surface area contributed by atoms with Crippen molar-refractivity contribution in [2.45, 2.75) is 25.8 Å². The molecule has 1 heterocycles. The van der Waals surface area contributed by atoms with Gasteiger partial charge in [-0.15, -0.1) is 0 Å². The highest BCUT2D eigenvalue weighted by molar-refractivity contribution is 5.56. The molecule has 2 rings (SSSR count). The predicted octanol–water partition coefficient (Wildman–Crippen LogP) is 0.806. The minimum absolute atomic E-state index is 0.626. The normalized spacial score (nSPS) is 15.9. The average molecular weight is 209 g/mol. The van der Waals surface area contributed by atoms with Gasteiger partial charge in [-0.3, -0.25) is 0 Å². The van der Waals surface area contributed by atoms with Crippen LogP contribution in [0.15, 0.2) is 0 Å². The molecule has 0 spiro atoms. The number of hydrogen-bond donors (Lipinski definition) is 3. The predicted molar refractivity (Wildman–Crippen MR) is 61.9 cm³/mol. The number of nitrogen functional groups attached to an aromatic ring is 1. The monoisotopic (exact) mass is 209 g/mol. The van der Waals surface area contributed by atoms with Gasteiger partial charge in [0.05, 0.1) is 0 Å². The first-order valence-electron chi connectivity index (χ1n) is 5.43. The summed E-state index contributed by atoms with van der Waals surface area (Å²) in [5.74, 6) is 2.25. The number of aromatic amines is 1. The minimum Gasteiger partial charge on any atom is -0.382 e. The molecule has 1 aromatic heterocycles. The van der Waals surface area contributed by atoms with Crippen molar-refractivity contribution >= 4 is 11.6 Å². The van der Waals surface area contributed by atoms with Crippen LogP contribution in [0.4, 0.5) is 11.6 Å². The van der Waals surface area contributed by atoms with Crippen molar-refractivity contribution in [2.75, 3.05) is 31.2 Å². The summed E-state index contributed by atoms with van der Waals surface area (Å²) in [6.45, 7) is 3.83. The first kappa shape index (κ1) is 10.3. The Balaban J connectivity index is 1.75. The number of H-pyrrole nitrogens is 1. The molecule has 0 unspecified atom stereocenters. The fraction of sp³-hybridized carbons (Fsp3) is 0.700. The van der Waals surface area contributed by atoms with Crippen LogP contribution in [0, 0.1) is 6.92 Å². The van der Waals surface area contributed by atoms with Gasteiger partial charge in [-0.2, -0.15) is 0 Å². The third kappa shape index (κ3) is 2.62. The first-order valence-corrected chi connectivity index (χ1v) is 5.43. The Hall–Kier alpha value is -1.23. The van der Waals surface area contributed by atoms with Gasteiger partial charge in [-0.1, -0.05) is 0 Å². The number of imidazole rings is 1. The van der Waals surface area contributed by atoms with E-state index >= 15 is 0 Å². The number of likely N-dealkylation sites (N-methyl/N-ethyl adjacent to an activating group) is 1. The van der Waals surface area contributed by atoms with Crippen molar-refractivity contribution in [3.8, 4) is 0 Å². The smallest absolute Gasteiger partial charge is 0.168 e. The van der Waals surface area contributed by atoms with Crippen molar-refractivity contribution < 1.29 is 0 Å². The van der Waals surface area contributed by atoms with E-state index in [0.29, 0.717) is 5.82 Å². The van der Waals surface area contributed by atoms with Gasteiger partial charge >= 0.3 is 0 Å². The average Bonchev–Trinajstić information content (AvgIpc) is 2.94. The van der Waals surface area contributed by atoms with Crippen LogP contribution in [-0.4, -0.2) is 41.0 Å². The lowest BCUT2D eigenvalue weighted by atomic mass is 10.5. The Bertz CT molecular complexity index is 329. The molecule has 0 amide bonds. The molecule has 1 fully saturated rings. The lowest BCUT2D eigenvalue weighted by molar-refractivity contribution is 0.337. The van der Waals surface area contributed by atoms with Gasteiger partial charge < -0.3 is 20.9 Å². The Morgan fingerprint density at radius 3 is 2.87 bits per heavy atom. The summed E-state index contributed by atoms with van der Waals surface area (Å²) in [5.41, 5.74) is 5.74. The van der Waals surface area contributed by atoms with Crippen LogP contribution >= 0.6 is 0 Å². The molecule has 0 radical (unpaired) electrons. The van der Waals surface area contributed by atoms with Crippen molar-refractivity contribution in [1.29, 1.82) is 0 Å². The van der Waals surface area contributed by atoms with Crippen LogP contribution in [0.1, 0.15) is 18.7 Å². The maximum Gasteiger partial charge on any atom is 0.168 e. The zero-order chi connectivity index (χ0) is 10.8. The van der Waals surface area contributed by atoms with E-state index in [9.17, 15) is 0 Å². The number of nitrogens with zero attached hydrogens (tertiary/aromatic N) is 2. The minimum atomic E-state index is 0.626. The molecule has 1 aliphatic carbocycles. The summed E-state index contributed by atoms with van der Waals surface area (Å²) in [6, 6.07) is 0.810. The molecule has 1 aromatic rings. The Morgan fingerprint density at radius 1 is 1.60 bits per heavy atom. The molecule has 0 saturated heterocycles. The van der Waals surface area contributed by atoms with E-state index in [1.165, 1.54) is 12.8 Å². The molecule has 1 saturated carbocycles. The summed E-state index contributed by atoms with van der Waals surface area (Å²) in [6.07, 6.45) is 2.69. The van der Waals surface area contributed by atoms with Crippen LogP contribution in [0.3, 0.4) is 0 Å². The molecule has 5 heteroatoms. The summed E-state index contributed by atoms with van der Waals surface area (Å²) in [7, 11) is 2.17. The molecule has 15 heavy (non-hydrogen) atoms. The van der Waals surface area contributed by atoms with Crippen LogP contribution in [0.25, 0.3) is 0 Å². The van der Waals surface area contributed by atoms with Crippen LogP contribution in [-0.2, 0) is 0 Å². The fourth-order valence-electron chi connectivity index (χ4n) is 1.69. The van der Waals surface area contributed by atoms with Crippen LogP contribution in [0.2, 0.25) is 0 Å². The number of rotatable bonds is 5. The second kappa shape index (κ2) is 4.10. The van der Waals surface area contributed by atoms with Gasteiger partial charge in [0.1, 0.15) is 11.6 Å². The van der Waals surface area contributed by atoms with Gasteiger partial charge in [0, 0.05) is 19.1 Å². The Morgan fingerprint density at radius 2 is 2.33 bits per heavy atom. The summed E-state index contributed by atoms with van der Waals surface area (Å²) in [4.78, 5) is 9.61. The highest BCUT2D eigenvalue weighted by atomic mass is 15.2. The SMILES string of the molecule is Cc1nc(NCCN(C)C2CC2)c(N)[nH]1.